The summed E-state index contributed by atoms with van der Waals surface area (Å²) in [6, 6.07) is 1.75. The standard InChI is InChI=1S/C15H24N6O/c1-6-21-12(5)14(11(4)20-21)17-15(22)16-9(2)7-13-8-10(3)18-19-13/h8-9H,6-7H2,1-5H3,(H,18,19)(H2,16,17,22)/t9-/m1/s1. The highest BCUT2D eigenvalue weighted by molar-refractivity contribution is 5.90. The number of aryl methyl sites for hydroxylation is 3. The number of rotatable bonds is 5. The van der Waals surface area contributed by atoms with Gasteiger partial charge in [-0.3, -0.25) is 9.78 Å². The van der Waals surface area contributed by atoms with Crippen molar-refractivity contribution in [3.8, 4) is 0 Å². The third-order valence-corrected chi connectivity index (χ3v) is 3.57. The highest BCUT2D eigenvalue weighted by Gasteiger charge is 2.15. The highest BCUT2D eigenvalue weighted by atomic mass is 16.2. The first kappa shape index (κ1) is 16.1. The summed E-state index contributed by atoms with van der Waals surface area (Å²) in [5.41, 5.74) is 4.53. The third-order valence-electron chi connectivity index (χ3n) is 3.57. The van der Waals surface area contributed by atoms with E-state index in [1.165, 1.54) is 0 Å². The maximum atomic E-state index is 12.1. The largest absolute Gasteiger partial charge is 0.335 e. The number of H-pyrrole nitrogens is 1. The van der Waals surface area contributed by atoms with Crippen LogP contribution in [0.2, 0.25) is 0 Å². The molecule has 0 bridgehead atoms. The molecule has 2 aromatic rings. The summed E-state index contributed by atoms with van der Waals surface area (Å²) in [6.45, 7) is 10.6. The molecule has 7 nitrogen and oxygen atoms in total. The van der Waals surface area contributed by atoms with E-state index < -0.39 is 0 Å². The van der Waals surface area contributed by atoms with Crippen LogP contribution in [0.5, 0.6) is 0 Å². The van der Waals surface area contributed by atoms with Crippen LogP contribution in [-0.4, -0.2) is 32.1 Å². The maximum Gasteiger partial charge on any atom is 0.319 e. The fourth-order valence-electron chi connectivity index (χ4n) is 2.50. The smallest absolute Gasteiger partial charge is 0.319 e. The van der Waals surface area contributed by atoms with Crippen molar-refractivity contribution in [3.05, 3.63) is 28.8 Å². The second-order valence-electron chi connectivity index (χ2n) is 5.61. The van der Waals surface area contributed by atoms with Gasteiger partial charge in [-0.25, -0.2) is 4.79 Å². The summed E-state index contributed by atoms with van der Waals surface area (Å²) >= 11 is 0. The van der Waals surface area contributed by atoms with E-state index in [1.807, 2.05) is 45.4 Å². The molecule has 1 atom stereocenters. The van der Waals surface area contributed by atoms with E-state index >= 15 is 0 Å². The molecule has 3 N–H and O–H groups in total. The first-order valence-corrected chi connectivity index (χ1v) is 7.53. The second kappa shape index (κ2) is 6.64. The lowest BCUT2D eigenvalue weighted by atomic mass is 10.2. The Morgan fingerprint density at radius 3 is 2.68 bits per heavy atom. The SMILES string of the molecule is CCn1nc(C)c(NC(=O)N[C@H](C)Cc2cc(C)[nH]n2)c1C. The number of hydrogen-bond donors (Lipinski definition) is 3. The van der Waals surface area contributed by atoms with Crippen molar-refractivity contribution in [1.82, 2.24) is 25.3 Å². The summed E-state index contributed by atoms with van der Waals surface area (Å²) in [5, 5.41) is 17.3. The lowest BCUT2D eigenvalue weighted by Gasteiger charge is -2.13. The molecule has 0 radical (unpaired) electrons. The summed E-state index contributed by atoms with van der Waals surface area (Å²) in [4.78, 5) is 12.1. The lowest BCUT2D eigenvalue weighted by molar-refractivity contribution is 0.249. The van der Waals surface area contributed by atoms with E-state index in [9.17, 15) is 4.79 Å². The number of anilines is 1. The molecule has 0 saturated heterocycles. The Morgan fingerprint density at radius 2 is 2.14 bits per heavy atom. The molecular weight excluding hydrogens is 280 g/mol. The number of urea groups is 1. The van der Waals surface area contributed by atoms with E-state index in [1.54, 1.807) is 0 Å². The summed E-state index contributed by atoms with van der Waals surface area (Å²) in [5.74, 6) is 0. The topological polar surface area (TPSA) is 87.6 Å². The summed E-state index contributed by atoms with van der Waals surface area (Å²) < 4.78 is 1.88. The van der Waals surface area contributed by atoms with Crippen LogP contribution < -0.4 is 10.6 Å². The van der Waals surface area contributed by atoms with Crippen LogP contribution in [0.4, 0.5) is 10.5 Å². The molecule has 2 rings (SSSR count). The van der Waals surface area contributed by atoms with Gasteiger partial charge in [-0.1, -0.05) is 0 Å². The highest BCUT2D eigenvalue weighted by Crippen LogP contribution is 2.19. The minimum atomic E-state index is -0.221. The minimum Gasteiger partial charge on any atom is -0.335 e. The van der Waals surface area contributed by atoms with Crippen molar-refractivity contribution in [2.24, 2.45) is 0 Å². The molecule has 7 heteroatoms. The van der Waals surface area contributed by atoms with Crippen LogP contribution >= 0.6 is 0 Å². The van der Waals surface area contributed by atoms with Crippen molar-refractivity contribution in [2.75, 3.05) is 5.32 Å². The lowest BCUT2D eigenvalue weighted by Crippen LogP contribution is -2.37. The molecule has 0 fully saturated rings. The van der Waals surface area contributed by atoms with Gasteiger partial charge < -0.3 is 10.6 Å². The second-order valence-corrected chi connectivity index (χ2v) is 5.61. The van der Waals surface area contributed by atoms with Crippen LogP contribution in [0.1, 0.15) is 36.6 Å². The predicted octanol–water partition coefficient (Wildman–Crippen LogP) is 2.30. The zero-order valence-electron chi connectivity index (χ0n) is 13.8. The van der Waals surface area contributed by atoms with Gasteiger partial charge in [0.15, 0.2) is 0 Å². The number of aromatic nitrogens is 4. The van der Waals surface area contributed by atoms with Gasteiger partial charge >= 0.3 is 6.03 Å². The molecule has 0 saturated carbocycles. The Kier molecular flexibility index (Phi) is 4.85. The van der Waals surface area contributed by atoms with Crippen LogP contribution in [0.3, 0.4) is 0 Å². The predicted molar refractivity (Wildman–Crippen MR) is 86.0 cm³/mol. The van der Waals surface area contributed by atoms with Gasteiger partial charge in [0.2, 0.25) is 0 Å². The number of carbonyl (C=O) groups excluding carboxylic acids is 1. The van der Waals surface area contributed by atoms with Crippen molar-refractivity contribution in [2.45, 2.75) is 53.6 Å². The van der Waals surface area contributed by atoms with Gasteiger partial charge in [-0.05, 0) is 40.7 Å². The van der Waals surface area contributed by atoms with Gasteiger partial charge in [0.1, 0.15) is 0 Å². The fraction of sp³-hybridized carbons (Fsp3) is 0.533. The normalized spacial score (nSPS) is 12.2. The third kappa shape index (κ3) is 3.66. The molecule has 0 spiro atoms. The molecule has 0 aliphatic rings. The number of nitrogens with one attached hydrogen (secondary N) is 3. The fourth-order valence-corrected chi connectivity index (χ4v) is 2.50. The van der Waals surface area contributed by atoms with Crippen molar-refractivity contribution >= 4 is 11.7 Å². The van der Waals surface area contributed by atoms with Crippen molar-refractivity contribution in [3.63, 3.8) is 0 Å². The van der Waals surface area contributed by atoms with E-state index in [2.05, 4.69) is 25.9 Å². The Bertz CT molecular complexity index is 657. The molecule has 0 aromatic carbocycles. The molecule has 0 aliphatic carbocycles. The number of nitrogens with zero attached hydrogens (tertiary/aromatic N) is 3. The molecule has 120 valence electrons. The van der Waals surface area contributed by atoms with E-state index in [0.29, 0.717) is 6.42 Å². The zero-order valence-corrected chi connectivity index (χ0v) is 13.8. The van der Waals surface area contributed by atoms with Crippen molar-refractivity contribution < 1.29 is 4.79 Å². The Labute approximate surface area is 130 Å². The van der Waals surface area contributed by atoms with Gasteiger partial charge in [0, 0.05) is 24.7 Å². The zero-order chi connectivity index (χ0) is 16.3. The number of carbonyl (C=O) groups is 1. The van der Waals surface area contributed by atoms with E-state index in [-0.39, 0.29) is 12.1 Å². The van der Waals surface area contributed by atoms with Crippen LogP contribution in [-0.2, 0) is 13.0 Å². The van der Waals surface area contributed by atoms with E-state index in [0.717, 1.165) is 35.0 Å². The molecule has 22 heavy (non-hydrogen) atoms. The van der Waals surface area contributed by atoms with Gasteiger partial charge in [-0.15, -0.1) is 0 Å². The average molecular weight is 304 g/mol. The summed E-state index contributed by atoms with van der Waals surface area (Å²) in [7, 11) is 0. The molecule has 2 amide bonds. The van der Waals surface area contributed by atoms with Crippen LogP contribution in [0.25, 0.3) is 0 Å². The van der Waals surface area contributed by atoms with Gasteiger partial charge in [0.25, 0.3) is 0 Å². The quantitative estimate of drug-likeness (QED) is 0.792. The molecule has 0 aliphatic heterocycles. The summed E-state index contributed by atoms with van der Waals surface area (Å²) in [6.07, 6.45) is 0.684. The van der Waals surface area contributed by atoms with Gasteiger partial charge in [0.05, 0.1) is 22.8 Å². The number of aromatic amines is 1. The maximum absolute atomic E-state index is 12.1. The minimum absolute atomic E-state index is 0.00969. The van der Waals surface area contributed by atoms with Gasteiger partial charge in [-0.2, -0.15) is 10.2 Å². The van der Waals surface area contributed by atoms with E-state index in [4.69, 9.17) is 0 Å². The molecule has 0 unspecified atom stereocenters. The number of hydrogen-bond acceptors (Lipinski definition) is 3. The molecular formula is C15H24N6O. The average Bonchev–Trinajstić information content (AvgIpc) is 2.96. The van der Waals surface area contributed by atoms with Crippen LogP contribution in [0, 0.1) is 20.8 Å². The molecule has 2 heterocycles. The Morgan fingerprint density at radius 1 is 1.41 bits per heavy atom. The Hall–Kier alpha value is -2.31. The Balaban J connectivity index is 1.94. The van der Waals surface area contributed by atoms with Crippen molar-refractivity contribution in [1.29, 1.82) is 0 Å². The number of amides is 2. The van der Waals surface area contributed by atoms with Crippen LogP contribution in [0.15, 0.2) is 6.07 Å². The first-order valence-electron chi connectivity index (χ1n) is 7.53. The molecule has 2 aromatic heterocycles. The monoisotopic (exact) mass is 304 g/mol. The first-order chi connectivity index (χ1) is 10.4.